The fourth-order valence-electron chi connectivity index (χ4n) is 2.69. The Balaban J connectivity index is 2.48. The number of nitrogens with one attached hydrogen (secondary N) is 1. The summed E-state index contributed by atoms with van der Waals surface area (Å²) in [6.07, 6.45) is 0.0480. The first-order valence-electron chi connectivity index (χ1n) is 7.92. The number of amides is 1. The van der Waals surface area contributed by atoms with Gasteiger partial charge < -0.3 is 15.0 Å². The molecule has 1 amide bonds. The summed E-state index contributed by atoms with van der Waals surface area (Å²) in [6.45, 7) is 6.37. The maximum Gasteiger partial charge on any atom is 0.339 e. The Morgan fingerprint density at radius 2 is 2.12 bits per heavy atom. The van der Waals surface area contributed by atoms with E-state index < -0.39 is 17.7 Å². The average molecular weight is 371 g/mol. The van der Waals surface area contributed by atoms with Crippen LogP contribution >= 0.6 is 11.6 Å². The molecule has 0 saturated carbocycles. The van der Waals surface area contributed by atoms with Crippen LogP contribution < -0.4 is 9.96 Å². The number of anilines is 1. The highest BCUT2D eigenvalue weighted by Gasteiger charge is 2.32. The third-order valence-corrected chi connectivity index (χ3v) is 4.21. The van der Waals surface area contributed by atoms with Crippen molar-refractivity contribution in [3.63, 3.8) is 0 Å². The predicted molar refractivity (Wildman–Crippen MR) is 91.6 cm³/mol. The van der Waals surface area contributed by atoms with Crippen LogP contribution in [0.1, 0.15) is 44.5 Å². The molecule has 0 bridgehead atoms. The summed E-state index contributed by atoms with van der Waals surface area (Å²) in [6, 6.07) is 2.09. The van der Waals surface area contributed by atoms with E-state index in [1.54, 1.807) is 20.8 Å². The number of esters is 1. The Hall–Kier alpha value is -1.96. The van der Waals surface area contributed by atoms with Crippen molar-refractivity contribution in [2.75, 3.05) is 11.6 Å². The smallest absolute Gasteiger partial charge is 0.339 e. The molecule has 25 heavy (non-hydrogen) atoms. The minimum absolute atomic E-state index is 0.0602. The maximum atomic E-state index is 14.4. The summed E-state index contributed by atoms with van der Waals surface area (Å²) >= 11 is 5.94. The third kappa shape index (κ3) is 3.84. The minimum Gasteiger partial charge on any atom is -0.628 e. The Bertz CT molecular complexity index is 748. The molecule has 0 fully saturated rings. The number of quaternary nitrogens is 1. The summed E-state index contributed by atoms with van der Waals surface area (Å²) < 4.78 is 19.5. The molecular weight excluding hydrogens is 351 g/mol. The second-order valence-electron chi connectivity index (χ2n) is 6.01. The van der Waals surface area contributed by atoms with Crippen LogP contribution in [0, 0.1) is 11.0 Å². The zero-order valence-electron chi connectivity index (χ0n) is 14.5. The standard InChI is InChI=1S/C17H20ClFN2O4/c1-5-14-10(4)16(22)20(8-21(14)24)15-6-11(12(18)7-13(15)19)17(23)25-9(2)3/h6-7,9,21H,5,8H2,1-4H3. The quantitative estimate of drug-likeness (QED) is 0.652. The molecule has 1 N–H and O–H groups in total. The molecule has 1 aliphatic heterocycles. The zero-order chi connectivity index (χ0) is 18.9. The Labute approximate surface area is 150 Å². The van der Waals surface area contributed by atoms with E-state index in [0.717, 1.165) is 17.0 Å². The van der Waals surface area contributed by atoms with Gasteiger partial charge in [0.2, 0.25) is 0 Å². The lowest BCUT2D eigenvalue weighted by molar-refractivity contribution is -0.808. The molecule has 0 aliphatic carbocycles. The van der Waals surface area contributed by atoms with E-state index >= 15 is 0 Å². The van der Waals surface area contributed by atoms with Crippen molar-refractivity contribution in [1.29, 1.82) is 0 Å². The molecule has 1 heterocycles. The van der Waals surface area contributed by atoms with Crippen LogP contribution in [0.2, 0.25) is 5.02 Å². The molecule has 6 nitrogen and oxygen atoms in total. The van der Waals surface area contributed by atoms with Crippen molar-refractivity contribution in [3.8, 4) is 0 Å². The number of carbonyl (C=O) groups is 2. The van der Waals surface area contributed by atoms with Gasteiger partial charge in [-0.2, -0.15) is 0 Å². The Kier molecular flexibility index (Phi) is 5.82. The third-order valence-electron chi connectivity index (χ3n) is 3.90. The fourth-order valence-corrected chi connectivity index (χ4v) is 2.91. The number of hydroxylamine groups is 2. The lowest BCUT2D eigenvalue weighted by Gasteiger charge is -2.36. The van der Waals surface area contributed by atoms with Gasteiger partial charge >= 0.3 is 5.97 Å². The van der Waals surface area contributed by atoms with Gasteiger partial charge in [0.05, 0.1) is 28.0 Å². The highest BCUT2D eigenvalue weighted by Crippen LogP contribution is 2.29. The molecule has 0 aromatic heterocycles. The van der Waals surface area contributed by atoms with Gasteiger partial charge in [0, 0.05) is 6.42 Å². The number of benzene rings is 1. The number of allylic oxidation sites excluding steroid dienone is 1. The molecule has 136 valence electrons. The number of hydrogen-bond donors (Lipinski definition) is 1. The molecule has 2 rings (SSSR count). The Morgan fingerprint density at radius 1 is 1.48 bits per heavy atom. The number of nitrogens with zero attached hydrogens (tertiary/aromatic N) is 1. The summed E-state index contributed by atoms with van der Waals surface area (Å²) in [5.74, 6) is -1.99. The number of ether oxygens (including phenoxy) is 1. The van der Waals surface area contributed by atoms with Crippen LogP contribution in [0.25, 0.3) is 0 Å². The van der Waals surface area contributed by atoms with Crippen LogP contribution in [0.15, 0.2) is 23.4 Å². The monoisotopic (exact) mass is 370 g/mol. The summed E-state index contributed by atoms with van der Waals surface area (Å²) in [4.78, 5) is 25.7. The predicted octanol–water partition coefficient (Wildman–Crippen LogP) is 2.42. The van der Waals surface area contributed by atoms with E-state index in [4.69, 9.17) is 16.3 Å². The van der Waals surface area contributed by atoms with Gasteiger partial charge in [-0.1, -0.05) is 18.5 Å². The van der Waals surface area contributed by atoms with Crippen LogP contribution in [0.3, 0.4) is 0 Å². The molecule has 1 aliphatic rings. The van der Waals surface area contributed by atoms with Crippen molar-refractivity contribution >= 4 is 29.2 Å². The average Bonchev–Trinajstić information content (AvgIpc) is 2.51. The molecule has 0 saturated heterocycles. The maximum absolute atomic E-state index is 14.4. The molecular formula is C17H20ClFN2O4. The molecule has 1 aromatic carbocycles. The number of hydrogen-bond acceptors (Lipinski definition) is 4. The summed E-state index contributed by atoms with van der Waals surface area (Å²) in [7, 11) is 0. The first-order chi connectivity index (χ1) is 11.7. The molecule has 1 aromatic rings. The van der Waals surface area contributed by atoms with Crippen molar-refractivity contribution in [2.24, 2.45) is 0 Å². The van der Waals surface area contributed by atoms with Crippen molar-refractivity contribution in [2.45, 2.75) is 40.2 Å². The van der Waals surface area contributed by atoms with Crippen LogP contribution in [0.4, 0.5) is 10.1 Å². The van der Waals surface area contributed by atoms with E-state index in [-0.39, 0.29) is 39.7 Å². The van der Waals surface area contributed by atoms with E-state index in [1.165, 1.54) is 6.92 Å². The molecule has 8 heteroatoms. The topological polar surface area (TPSA) is 74.1 Å². The summed E-state index contributed by atoms with van der Waals surface area (Å²) in [5, 5.41) is 11.8. The van der Waals surface area contributed by atoms with Gasteiger partial charge in [0.25, 0.3) is 5.91 Å². The molecule has 1 unspecified atom stereocenters. The lowest BCUT2D eigenvalue weighted by Crippen LogP contribution is -3.08. The van der Waals surface area contributed by atoms with Crippen molar-refractivity contribution in [1.82, 2.24) is 0 Å². The van der Waals surface area contributed by atoms with E-state index in [9.17, 15) is 19.2 Å². The highest BCUT2D eigenvalue weighted by atomic mass is 35.5. The van der Waals surface area contributed by atoms with Gasteiger partial charge in [-0.25, -0.2) is 9.18 Å². The lowest BCUT2D eigenvalue weighted by atomic mass is 10.1. The first kappa shape index (κ1) is 19.4. The zero-order valence-corrected chi connectivity index (χ0v) is 15.2. The number of rotatable bonds is 4. The van der Waals surface area contributed by atoms with Gasteiger partial charge in [-0.05, 0) is 32.9 Å². The molecule has 0 radical (unpaired) electrons. The summed E-state index contributed by atoms with van der Waals surface area (Å²) in [5.41, 5.74) is 0.484. The fraction of sp³-hybridized carbons (Fsp3) is 0.412. The van der Waals surface area contributed by atoms with Gasteiger partial charge in [-0.3, -0.25) is 9.69 Å². The molecule has 1 atom stereocenters. The molecule has 0 spiro atoms. The second-order valence-corrected chi connectivity index (χ2v) is 6.42. The van der Waals surface area contributed by atoms with E-state index in [0.29, 0.717) is 12.1 Å². The van der Waals surface area contributed by atoms with Gasteiger partial charge in [0.1, 0.15) is 11.5 Å². The van der Waals surface area contributed by atoms with Crippen molar-refractivity contribution in [3.05, 3.63) is 45.0 Å². The second kappa shape index (κ2) is 7.51. The Morgan fingerprint density at radius 3 is 2.68 bits per heavy atom. The van der Waals surface area contributed by atoms with Crippen LogP contribution in [-0.2, 0) is 9.53 Å². The number of carbonyl (C=O) groups excluding carboxylic acids is 2. The van der Waals surface area contributed by atoms with E-state index in [1.807, 2.05) is 0 Å². The number of halogens is 2. The minimum atomic E-state index is -0.792. The SMILES string of the molecule is CCC1=C(C)C(=O)N(c2cc(C(=O)OC(C)C)c(Cl)cc2F)C[NH+]1[O-]. The van der Waals surface area contributed by atoms with E-state index in [2.05, 4.69) is 0 Å². The van der Waals surface area contributed by atoms with Crippen LogP contribution in [0.5, 0.6) is 0 Å². The highest BCUT2D eigenvalue weighted by molar-refractivity contribution is 6.33. The van der Waals surface area contributed by atoms with Crippen molar-refractivity contribution < 1.29 is 23.8 Å². The van der Waals surface area contributed by atoms with Gasteiger partial charge in [-0.15, -0.1) is 0 Å². The van der Waals surface area contributed by atoms with Crippen LogP contribution in [-0.4, -0.2) is 24.6 Å². The first-order valence-corrected chi connectivity index (χ1v) is 8.30. The normalized spacial score (nSPS) is 18.2. The largest absolute Gasteiger partial charge is 0.628 e. The van der Waals surface area contributed by atoms with Gasteiger partial charge in [0.15, 0.2) is 6.67 Å².